The Kier molecular flexibility index (Phi) is 6.72. The molecule has 0 amide bonds. The molecule has 0 radical (unpaired) electrons. The first-order chi connectivity index (χ1) is 12.6. The monoisotopic (exact) mass is 378 g/mol. The second-order valence-corrected chi connectivity index (χ2v) is 7.08. The number of nitrogens with zero attached hydrogens (tertiary/aromatic N) is 1. The van der Waals surface area contributed by atoms with Gasteiger partial charge < -0.3 is 20.1 Å². The minimum absolute atomic E-state index is 0.203. The number of benzene rings is 2. The molecule has 140 valence electrons. The maximum Gasteiger partial charge on any atom is 0.123 e. The van der Waals surface area contributed by atoms with E-state index in [0.29, 0.717) is 18.3 Å². The molecule has 6 heteroatoms. The first-order valence-corrected chi connectivity index (χ1v) is 9.27. The predicted molar refractivity (Wildman–Crippen MR) is 102 cm³/mol. The summed E-state index contributed by atoms with van der Waals surface area (Å²) in [5.74, 6) is 0.268. The third-order valence-electron chi connectivity index (χ3n) is 4.53. The molecule has 2 aromatic rings. The van der Waals surface area contributed by atoms with Crippen molar-refractivity contribution in [3.63, 3.8) is 0 Å². The van der Waals surface area contributed by atoms with Gasteiger partial charge in [-0.15, -0.1) is 0 Å². The molecule has 0 aromatic heterocycles. The van der Waals surface area contributed by atoms with Crippen molar-refractivity contribution in [1.29, 1.82) is 0 Å². The Morgan fingerprint density at radius 1 is 1.12 bits per heavy atom. The van der Waals surface area contributed by atoms with Crippen LogP contribution in [-0.2, 0) is 0 Å². The molecule has 1 aliphatic heterocycles. The normalized spacial score (nSPS) is 17.0. The molecule has 1 heterocycles. The van der Waals surface area contributed by atoms with E-state index in [0.717, 1.165) is 36.6 Å². The number of ether oxygens (including phenoxy) is 1. The lowest BCUT2D eigenvalue weighted by atomic mass is 10.0. The van der Waals surface area contributed by atoms with Crippen LogP contribution < -0.4 is 10.1 Å². The molecular weight excluding hydrogens is 355 g/mol. The fraction of sp³-hybridized carbons (Fsp3) is 0.400. The number of hydrogen-bond donors (Lipinski definition) is 2. The first kappa shape index (κ1) is 19.0. The second-order valence-electron chi connectivity index (χ2n) is 6.64. The van der Waals surface area contributed by atoms with E-state index < -0.39 is 6.10 Å². The molecule has 0 aliphatic carbocycles. The highest BCUT2D eigenvalue weighted by molar-refractivity contribution is 6.30. The highest BCUT2D eigenvalue weighted by atomic mass is 35.5. The van der Waals surface area contributed by atoms with Crippen LogP contribution in [0.15, 0.2) is 48.5 Å². The van der Waals surface area contributed by atoms with Crippen molar-refractivity contribution in [3.05, 3.63) is 59.4 Å². The van der Waals surface area contributed by atoms with Crippen LogP contribution in [0.5, 0.6) is 5.75 Å². The average molecular weight is 379 g/mol. The van der Waals surface area contributed by atoms with Crippen LogP contribution in [0.2, 0.25) is 5.02 Å². The summed E-state index contributed by atoms with van der Waals surface area (Å²) < 4.78 is 18.4. The van der Waals surface area contributed by atoms with Gasteiger partial charge in [0.25, 0.3) is 0 Å². The fourth-order valence-electron chi connectivity index (χ4n) is 3.12. The van der Waals surface area contributed by atoms with Crippen LogP contribution >= 0.6 is 11.6 Å². The van der Waals surface area contributed by atoms with E-state index in [2.05, 4.69) is 10.2 Å². The number of nitrogens with one attached hydrogen (secondary N) is 1. The molecule has 0 unspecified atom stereocenters. The van der Waals surface area contributed by atoms with Gasteiger partial charge in [-0.1, -0.05) is 11.6 Å². The van der Waals surface area contributed by atoms with Crippen molar-refractivity contribution in [3.8, 4) is 5.75 Å². The summed E-state index contributed by atoms with van der Waals surface area (Å²) >= 11 is 5.91. The van der Waals surface area contributed by atoms with Crippen LogP contribution in [0.3, 0.4) is 0 Å². The number of halogens is 2. The zero-order valence-electron chi connectivity index (χ0n) is 14.6. The van der Waals surface area contributed by atoms with Gasteiger partial charge in [0.1, 0.15) is 24.3 Å². The molecule has 4 nitrogen and oxygen atoms in total. The number of β-amino-alcohol motifs (C(OH)–C–C–N with tert-alkyl or cyclic N) is 1. The van der Waals surface area contributed by atoms with Crippen molar-refractivity contribution in [2.45, 2.75) is 25.0 Å². The van der Waals surface area contributed by atoms with E-state index in [4.69, 9.17) is 16.3 Å². The highest BCUT2D eigenvalue weighted by Crippen LogP contribution is 2.19. The average Bonchev–Trinajstić information content (AvgIpc) is 2.65. The number of aliphatic hydroxyl groups is 1. The maximum absolute atomic E-state index is 12.9. The summed E-state index contributed by atoms with van der Waals surface area (Å²) in [5.41, 5.74) is 1.08. The predicted octanol–water partition coefficient (Wildman–Crippen LogP) is 3.80. The second kappa shape index (κ2) is 9.21. The Labute approximate surface area is 158 Å². The molecule has 0 saturated carbocycles. The molecule has 0 bridgehead atoms. The van der Waals surface area contributed by atoms with E-state index in [1.807, 2.05) is 24.3 Å². The number of piperidine rings is 1. The molecule has 0 spiro atoms. The SMILES string of the molecule is O[C@H](COc1ccc(F)cc1)CN1CCC(Nc2ccc(Cl)cc2)CC1. The molecule has 1 atom stereocenters. The van der Waals surface area contributed by atoms with Gasteiger partial charge in [-0.25, -0.2) is 4.39 Å². The zero-order valence-corrected chi connectivity index (χ0v) is 15.3. The Balaban J connectivity index is 1.36. The topological polar surface area (TPSA) is 44.7 Å². The number of anilines is 1. The van der Waals surface area contributed by atoms with Crippen LogP contribution in [0, 0.1) is 5.82 Å². The smallest absolute Gasteiger partial charge is 0.123 e. The summed E-state index contributed by atoms with van der Waals surface area (Å²) in [5, 5.41) is 14.4. The standard InChI is InChI=1S/C20H24ClFN2O2/c21-15-1-5-17(6-2-15)23-18-9-11-24(12-10-18)13-19(25)14-26-20-7-3-16(22)4-8-20/h1-8,18-19,23,25H,9-14H2/t19-/m0/s1. The molecule has 1 saturated heterocycles. The summed E-state index contributed by atoms with van der Waals surface area (Å²) in [6.07, 6.45) is 1.48. The summed E-state index contributed by atoms with van der Waals surface area (Å²) in [6.45, 7) is 2.64. The Morgan fingerprint density at radius 3 is 2.42 bits per heavy atom. The lowest BCUT2D eigenvalue weighted by molar-refractivity contribution is 0.0605. The van der Waals surface area contributed by atoms with Gasteiger partial charge in [-0.3, -0.25) is 0 Å². The van der Waals surface area contributed by atoms with Crippen molar-refractivity contribution in [2.75, 3.05) is 31.6 Å². The molecule has 2 aromatic carbocycles. The lowest BCUT2D eigenvalue weighted by Crippen LogP contribution is -2.43. The minimum atomic E-state index is -0.569. The van der Waals surface area contributed by atoms with Crippen molar-refractivity contribution >= 4 is 17.3 Å². The van der Waals surface area contributed by atoms with E-state index in [1.54, 1.807) is 12.1 Å². The Morgan fingerprint density at radius 2 is 1.77 bits per heavy atom. The number of rotatable bonds is 7. The van der Waals surface area contributed by atoms with E-state index in [9.17, 15) is 9.50 Å². The molecular formula is C20H24ClFN2O2. The van der Waals surface area contributed by atoms with Gasteiger partial charge in [0.15, 0.2) is 0 Å². The van der Waals surface area contributed by atoms with Gasteiger partial charge in [0, 0.05) is 36.4 Å². The highest BCUT2D eigenvalue weighted by Gasteiger charge is 2.21. The number of likely N-dealkylation sites (tertiary alicyclic amines) is 1. The molecule has 3 rings (SSSR count). The van der Waals surface area contributed by atoms with Gasteiger partial charge in [0.05, 0.1) is 0 Å². The minimum Gasteiger partial charge on any atom is -0.491 e. The van der Waals surface area contributed by atoms with Gasteiger partial charge in [0.2, 0.25) is 0 Å². The van der Waals surface area contributed by atoms with E-state index >= 15 is 0 Å². The molecule has 1 fully saturated rings. The number of aliphatic hydroxyl groups excluding tert-OH is 1. The molecule has 1 aliphatic rings. The summed E-state index contributed by atoms with van der Waals surface area (Å²) in [4.78, 5) is 2.25. The van der Waals surface area contributed by atoms with Gasteiger partial charge in [-0.05, 0) is 61.4 Å². The summed E-state index contributed by atoms with van der Waals surface area (Å²) in [7, 11) is 0. The van der Waals surface area contributed by atoms with Gasteiger partial charge in [-0.2, -0.15) is 0 Å². The van der Waals surface area contributed by atoms with Crippen LogP contribution in [0.25, 0.3) is 0 Å². The van der Waals surface area contributed by atoms with Crippen LogP contribution in [-0.4, -0.2) is 48.4 Å². The van der Waals surface area contributed by atoms with Crippen molar-refractivity contribution in [2.24, 2.45) is 0 Å². The fourth-order valence-corrected chi connectivity index (χ4v) is 3.24. The third-order valence-corrected chi connectivity index (χ3v) is 4.78. The van der Waals surface area contributed by atoms with Crippen LogP contribution in [0.4, 0.5) is 10.1 Å². The van der Waals surface area contributed by atoms with Gasteiger partial charge >= 0.3 is 0 Å². The Hall–Kier alpha value is -1.82. The quantitative estimate of drug-likeness (QED) is 0.769. The third kappa shape index (κ3) is 5.87. The van der Waals surface area contributed by atoms with Crippen molar-refractivity contribution < 1.29 is 14.2 Å². The summed E-state index contributed by atoms with van der Waals surface area (Å²) in [6, 6.07) is 14.0. The first-order valence-electron chi connectivity index (χ1n) is 8.89. The Bertz CT molecular complexity index is 673. The van der Waals surface area contributed by atoms with E-state index in [-0.39, 0.29) is 12.4 Å². The largest absolute Gasteiger partial charge is 0.491 e. The molecule has 26 heavy (non-hydrogen) atoms. The zero-order chi connectivity index (χ0) is 18.4. The number of hydrogen-bond acceptors (Lipinski definition) is 4. The van der Waals surface area contributed by atoms with Crippen molar-refractivity contribution in [1.82, 2.24) is 4.90 Å². The maximum atomic E-state index is 12.9. The lowest BCUT2D eigenvalue weighted by Gasteiger charge is -2.33. The van der Waals surface area contributed by atoms with E-state index in [1.165, 1.54) is 12.1 Å². The molecule has 2 N–H and O–H groups in total. The van der Waals surface area contributed by atoms with Crippen LogP contribution in [0.1, 0.15) is 12.8 Å².